The molecule has 0 aliphatic heterocycles. The van der Waals surface area contributed by atoms with E-state index in [9.17, 15) is 5.11 Å². The van der Waals surface area contributed by atoms with Gasteiger partial charge in [0.25, 0.3) is 0 Å². The molecule has 1 aromatic carbocycles. The Morgan fingerprint density at radius 2 is 1.80 bits per heavy atom. The van der Waals surface area contributed by atoms with Gasteiger partial charge in [0.2, 0.25) is 0 Å². The maximum Gasteiger partial charge on any atom is 0.160 e. The lowest BCUT2D eigenvalue weighted by Crippen LogP contribution is -2.32. The number of phenolic OH excluding ortho intramolecular Hbond substituents is 1. The highest BCUT2D eigenvalue weighted by atomic mass is 16.5. The van der Waals surface area contributed by atoms with Gasteiger partial charge >= 0.3 is 0 Å². The zero-order chi connectivity index (χ0) is 14.4. The lowest BCUT2D eigenvalue weighted by molar-refractivity contribution is 0.358. The van der Waals surface area contributed by atoms with Crippen LogP contribution in [0.1, 0.15) is 63.5 Å². The molecule has 3 heteroatoms. The first-order valence-electron chi connectivity index (χ1n) is 7.83. The molecule has 1 atom stereocenters. The first-order valence-corrected chi connectivity index (χ1v) is 7.83. The van der Waals surface area contributed by atoms with Crippen molar-refractivity contribution in [3.63, 3.8) is 0 Å². The van der Waals surface area contributed by atoms with Crippen molar-refractivity contribution in [1.29, 1.82) is 0 Å². The maximum absolute atomic E-state index is 9.66. The summed E-state index contributed by atoms with van der Waals surface area (Å²) in [6.45, 7) is 2.19. The Morgan fingerprint density at radius 3 is 2.45 bits per heavy atom. The predicted molar refractivity (Wildman–Crippen MR) is 82.3 cm³/mol. The van der Waals surface area contributed by atoms with Gasteiger partial charge in [0.05, 0.1) is 7.11 Å². The van der Waals surface area contributed by atoms with Gasteiger partial charge in [-0.2, -0.15) is 0 Å². The van der Waals surface area contributed by atoms with Gasteiger partial charge in [0.1, 0.15) is 0 Å². The van der Waals surface area contributed by atoms with Crippen LogP contribution in [0.5, 0.6) is 11.5 Å². The molecule has 1 aliphatic carbocycles. The highest BCUT2D eigenvalue weighted by Crippen LogP contribution is 2.29. The highest BCUT2D eigenvalue weighted by Gasteiger charge is 2.15. The molecule has 1 saturated carbocycles. The minimum absolute atomic E-state index is 0.203. The Balaban J connectivity index is 1.97. The SMILES string of the molecule is COc1cc(C(C)NC2CCCCCCC2)ccc1O. The molecule has 2 rings (SSSR count). The van der Waals surface area contributed by atoms with E-state index >= 15 is 0 Å². The molecule has 1 unspecified atom stereocenters. The zero-order valence-corrected chi connectivity index (χ0v) is 12.7. The second-order valence-electron chi connectivity index (χ2n) is 5.86. The molecule has 112 valence electrons. The van der Waals surface area contributed by atoms with Crippen LogP contribution in [0.2, 0.25) is 0 Å². The minimum Gasteiger partial charge on any atom is -0.504 e. The van der Waals surface area contributed by atoms with Gasteiger partial charge in [-0.05, 0) is 37.5 Å². The van der Waals surface area contributed by atoms with Crippen LogP contribution in [0.15, 0.2) is 18.2 Å². The topological polar surface area (TPSA) is 41.5 Å². The first-order chi connectivity index (χ1) is 9.70. The van der Waals surface area contributed by atoms with Crippen LogP contribution in [-0.2, 0) is 0 Å². The Hall–Kier alpha value is -1.22. The first kappa shape index (κ1) is 15.2. The summed E-state index contributed by atoms with van der Waals surface area (Å²) >= 11 is 0. The smallest absolute Gasteiger partial charge is 0.160 e. The molecule has 0 heterocycles. The number of rotatable bonds is 4. The van der Waals surface area contributed by atoms with Crippen molar-refractivity contribution in [3.8, 4) is 11.5 Å². The average molecular weight is 277 g/mol. The number of hydrogen-bond acceptors (Lipinski definition) is 3. The van der Waals surface area contributed by atoms with Crippen LogP contribution < -0.4 is 10.1 Å². The number of phenols is 1. The fourth-order valence-corrected chi connectivity index (χ4v) is 3.04. The van der Waals surface area contributed by atoms with E-state index in [4.69, 9.17) is 4.74 Å². The molecule has 0 amide bonds. The lowest BCUT2D eigenvalue weighted by atomic mass is 9.95. The largest absolute Gasteiger partial charge is 0.504 e. The molecular weight excluding hydrogens is 250 g/mol. The number of methoxy groups -OCH3 is 1. The summed E-state index contributed by atoms with van der Waals surface area (Å²) in [5.41, 5.74) is 1.17. The van der Waals surface area contributed by atoms with Gasteiger partial charge in [0, 0.05) is 12.1 Å². The summed E-state index contributed by atoms with van der Waals surface area (Å²) in [5.74, 6) is 0.753. The van der Waals surface area contributed by atoms with E-state index in [1.807, 2.05) is 12.1 Å². The van der Waals surface area contributed by atoms with E-state index in [1.165, 1.54) is 50.5 Å². The fraction of sp³-hybridized carbons (Fsp3) is 0.647. The van der Waals surface area contributed by atoms with Crippen LogP contribution in [0.25, 0.3) is 0 Å². The van der Waals surface area contributed by atoms with Crippen molar-refractivity contribution < 1.29 is 9.84 Å². The van der Waals surface area contributed by atoms with Crippen LogP contribution >= 0.6 is 0 Å². The second kappa shape index (κ2) is 7.53. The average Bonchev–Trinajstić information content (AvgIpc) is 2.42. The Labute approximate surface area is 122 Å². The van der Waals surface area contributed by atoms with Crippen molar-refractivity contribution >= 4 is 0 Å². The molecule has 3 nitrogen and oxygen atoms in total. The van der Waals surface area contributed by atoms with Crippen LogP contribution in [0, 0.1) is 0 Å². The van der Waals surface area contributed by atoms with Gasteiger partial charge in [-0.3, -0.25) is 0 Å². The van der Waals surface area contributed by atoms with Crippen molar-refractivity contribution in [2.24, 2.45) is 0 Å². The highest BCUT2D eigenvalue weighted by molar-refractivity contribution is 5.42. The van der Waals surface area contributed by atoms with E-state index in [2.05, 4.69) is 12.2 Å². The van der Waals surface area contributed by atoms with Crippen molar-refractivity contribution in [1.82, 2.24) is 5.32 Å². The molecular formula is C17H27NO2. The molecule has 1 aromatic rings. The normalized spacial score (nSPS) is 19.1. The summed E-state index contributed by atoms with van der Waals surface area (Å²) in [7, 11) is 1.59. The molecule has 0 saturated heterocycles. The summed E-state index contributed by atoms with van der Waals surface area (Å²) in [4.78, 5) is 0. The van der Waals surface area contributed by atoms with Gasteiger partial charge in [-0.15, -0.1) is 0 Å². The van der Waals surface area contributed by atoms with Gasteiger partial charge < -0.3 is 15.2 Å². The monoisotopic (exact) mass is 277 g/mol. The molecule has 2 N–H and O–H groups in total. The number of benzene rings is 1. The molecule has 20 heavy (non-hydrogen) atoms. The molecule has 0 bridgehead atoms. The number of hydrogen-bond donors (Lipinski definition) is 2. The summed E-state index contributed by atoms with van der Waals surface area (Å²) < 4.78 is 5.18. The van der Waals surface area contributed by atoms with E-state index < -0.39 is 0 Å². The summed E-state index contributed by atoms with van der Waals surface area (Å²) in [5, 5.41) is 13.4. The predicted octanol–water partition coefficient (Wildman–Crippen LogP) is 4.16. The molecule has 0 radical (unpaired) electrons. The van der Waals surface area contributed by atoms with E-state index in [0.717, 1.165) is 0 Å². The third-order valence-electron chi connectivity index (χ3n) is 4.29. The third-order valence-corrected chi connectivity index (χ3v) is 4.29. The van der Waals surface area contributed by atoms with Gasteiger partial charge in [0.15, 0.2) is 11.5 Å². The quantitative estimate of drug-likeness (QED) is 0.868. The summed E-state index contributed by atoms with van der Waals surface area (Å²) in [6, 6.07) is 6.51. The lowest BCUT2D eigenvalue weighted by Gasteiger charge is -2.25. The van der Waals surface area contributed by atoms with Crippen molar-refractivity contribution in [2.75, 3.05) is 7.11 Å². The molecule has 0 aromatic heterocycles. The molecule has 1 fully saturated rings. The Bertz CT molecular complexity index is 411. The van der Waals surface area contributed by atoms with E-state index in [1.54, 1.807) is 13.2 Å². The number of aromatic hydroxyl groups is 1. The Kier molecular flexibility index (Phi) is 5.72. The fourth-order valence-electron chi connectivity index (χ4n) is 3.04. The maximum atomic E-state index is 9.66. The minimum atomic E-state index is 0.203. The van der Waals surface area contributed by atoms with Gasteiger partial charge in [-0.25, -0.2) is 0 Å². The second-order valence-corrected chi connectivity index (χ2v) is 5.86. The number of nitrogens with one attached hydrogen (secondary N) is 1. The van der Waals surface area contributed by atoms with Gasteiger partial charge in [-0.1, -0.05) is 38.2 Å². The van der Waals surface area contributed by atoms with Crippen LogP contribution in [-0.4, -0.2) is 18.3 Å². The van der Waals surface area contributed by atoms with Crippen molar-refractivity contribution in [2.45, 2.75) is 64.0 Å². The summed E-state index contributed by atoms with van der Waals surface area (Å²) in [6.07, 6.45) is 9.38. The van der Waals surface area contributed by atoms with Crippen LogP contribution in [0.4, 0.5) is 0 Å². The standard InChI is InChI=1S/C17H27NO2/c1-13(14-10-11-16(19)17(12-14)20-2)18-15-8-6-4-3-5-7-9-15/h10-13,15,18-19H,3-9H2,1-2H3. The molecule has 1 aliphatic rings. The van der Waals surface area contributed by atoms with Crippen molar-refractivity contribution in [3.05, 3.63) is 23.8 Å². The number of ether oxygens (including phenoxy) is 1. The van der Waals surface area contributed by atoms with Crippen LogP contribution in [0.3, 0.4) is 0 Å². The zero-order valence-electron chi connectivity index (χ0n) is 12.7. The Morgan fingerprint density at radius 1 is 1.15 bits per heavy atom. The van der Waals surface area contributed by atoms with E-state index in [0.29, 0.717) is 11.8 Å². The van der Waals surface area contributed by atoms with E-state index in [-0.39, 0.29) is 11.8 Å². The molecule has 0 spiro atoms. The third kappa shape index (κ3) is 4.14.